The van der Waals surface area contributed by atoms with Gasteiger partial charge in [0.05, 0.1) is 5.56 Å². The summed E-state index contributed by atoms with van der Waals surface area (Å²) >= 11 is 5.82. The molecule has 1 aliphatic rings. The minimum absolute atomic E-state index is 0.0402. The summed E-state index contributed by atoms with van der Waals surface area (Å²) in [7, 11) is 0. The molecule has 0 unspecified atom stereocenters. The number of hydrazine groups is 1. The van der Waals surface area contributed by atoms with Crippen LogP contribution >= 0.6 is 11.6 Å². The van der Waals surface area contributed by atoms with E-state index in [-0.39, 0.29) is 40.7 Å². The first-order valence-electron chi connectivity index (χ1n) is 9.48. The largest absolute Gasteiger partial charge is 0.507 e. The van der Waals surface area contributed by atoms with Crippen LogP contribution in [-0.2, 0) is 9.59 Å². The van der Waals surface area contributed by atoms with Gasteiger partial charge in [0, 0.05) is 24.0 Å². The molecule has 3 amide bonds. The highest BCUT2D eigenvalue weighted by Gasteiger charge is 2.28. The normalized spacial score (nSPS) is 14.1. The van der Waals surface area contributed by atoms with E-state index in [0.717, 1.165) is 0 Å². The van der Waals surface area contributed by atoms with E-state index in [1.54, 1.807) is 17.0 Å². The van der Waals surface area contributed by atoms with Gasteiger partial charge < -0.3 is 14.7 Å². The van der Waals surface area contributed by atoms with Gasteiger partial charge in [0.15, 0.2) is 6.61 Å². The highest BCUT2D eigenvalue weighted by Crippen LogP contribution is 2.21. The third-order valence-corrected chi connectivity index (χ3v) is 5.06. The van der Waals surface area contributed by atoms with Crippen molar-refractivity contribution in [3.8, 4) is 11.5 Å². The summed E-state index contributed by atoms with van der Waals surface area (Å²) in [6.07, 6.45) is 0.947. The zero-order valence-corrected chi connectivity index (χ0v) is 16.9. The number of phenols is 1. The number of rotatable bonds is 5. The Balaban J connectivity index is 1.42. The first kappa shape index (κ1) is 21.4. The van der Waals surface area contributed by atoms with E-state index in [4.69, 9.17) is 16.3 Å². The molecule has 0 aliphatic carbocycles. The SMILES string of the molecule is O=C(NNC(=O)C1CCN(C(=O)COc2ccccc2)CC1)c1cc(Cl)ccc1O. The van der Waals surface area contributed by atoms with E-state index in [1.807, 2.05) is 18.2 Å². The molecule has 9 heteroatoms. The summed E-state index contributed by atoms with van der Waals surface area (Å²) in [5.41, 5.74) is 4.61. The van der Waals surface area contributed by atoms with Gasteiger partial charge in [-0.15, -0.1) is 0 Å². The lowest BCUT2D eigenvalue weighted by Crippen LogP contribution is -2.48. The van der Waals surface area contributed by atoms with Gasteiger partial charge in [-0.2, -0.15) is 0 Å². The predicted octanol–water partition coefficient (Wildman–Crippen LogP) is 2.12. The number of piperidine rings is 1. The topological polar surface area (TPSA) is 108 Å². The van der Waals surface area contributed by atoms with E-state index in [1.165, 1.54) is 18.2 Å². The molecule has 3 rings (SSSR count). The molecule has 1 heterocycles. The first-order valence-corrected chi connectivity index (χ1v) is 9.86. The fraction of sp³-hybridized carbons (Fsp3) is 0.286. The van der Waals surface area contributed by atoms with Crippen molar-refractivity contribution in [3.63, 3.8) is 0 Å². The number of amides is 3. The van der Waals surface area contributed by atoms with Crippen LogP contribution in [0.2, 0.25) is 5.02 Å². The quantitative estimate of drug-likeness (QED) is 0.628. The molecule has 1 aliphatic heterocycles. The summed E-state index contributed by atoms with van der Waals surface area (Å²) in [5.74, 6) is -1.11. The fourth-order valence-corrected chi connectivity index (χ4v) is 3.29. The van der Waals surface area contributed by atoms with E-state index in [0.29, 0.717) is 31.7 Å². The lowest BCUT2D eigenvalue weighted by Gasteiger charge is -2.31. The number of halogens is 1. The second-order valence-electron chi connectivity index (χ2n) is 6.86. The number of para-hydroxylation sites is 1. The van der Waals surface area contributed by atoms with Crippen LogP contribution in [0.5, 0.6) is 11.5 Å². The maximum absolute atomic E-state index is 12.3. The van der Waals surface area contributed by atoms with E-state index < -0.39 is 5.91 Å². The van der Waals surface area contributed by atoms with Gasteiger partial charge >= 0.3 is 0 Å². The third-order valence-electron chi connectivity index (χ3n) is 4.83. The third kappa shape index (κ3) is 5.64. The molecule has 2 aromatic rings. The number of carbonyl (C=O) groups excluding carboxylic acids is 3. The monoisotopic (exact) mass is 431 g/mol. The molecule has 0 atom stereocenters. The average molecular weight is 432 g/mol. The van der Waals surface area contributed by atoms with Gasteiger partial charge in [-0.3, -0.25) is 25.2 Å². The summed E-state index contributed by atoms with van der Waals surface area (Å²) in [5, 5.41) is 10.0. The first-order chi connectivity index (χ1) is 14.4. The molecule has 0 aromatic heterocycles. The van der Waals surface area contributed by atoms with Crippen molar-refractivity contribution in [2.45, 2.75) is 12.8 Å². The number of aromatic hydroxyl groups is 1. The van der Waals surface area contributed by atoms with Crippen LogP contribution in [0.15, 0.2) is 48.5 Å². The number of hydrogen-bond donors (Lipinski definition) is 3. The van der Waals surface area contributed by atoms with Gasteiger partial charge in [0.25, 0.3) is 11.8 Å². The number of likely N-dealkylation sites (tertiary alicyclic amines) is 1. The second-order valence-corrected chi connectivity index (χ2v) is 7.30. The Labute approximate surface area is 178 Å². The maximum atomic E-state index is 12.3. The lowest BCUT2D eigenvalue weighted by molar-refractivity contribution is -0.137. The zero-order valence-electron chi connectivity index (χ0n) is 16.1. The Morgan fingerprint density at radius 2 is 1.77 bits per heavy atom. The highest BCUT2D eigenvalue weighted by atomic mass is 35.5. The molecule has 0 spiro atoms. The van der Waals surface area contributed by atoms with E-state index in [9.17, 15) is 19.5 Å². The van der Waals surface area contributed by atoms with Gasteiger partial charge in [-0.1, -0.05) is 29.8 Å². The maximum Gasteiger partial charge on any atom is 0.273 e. The highest BCUT2D eigenvalue weighted by molar-refractivity contribution is 6.31. The van der Waals surface area contributed by atoms with Crippen LogP contribution in [0.1, 0.15) is 23.2 Å². The molecule has 1 saturated heterocycles. The van der Waals surface area contributed by atoms with Crippen LogP contribution in [0, 0.1) is 5.92 Å². The Morgan fingerprint density at radius 1 is 1.07 bits per heavy atom. The fourth-order valence-electron chi connectivity index (χ4n) is 3.12. The summed E-state index contributed by atoms with van der Waals surface area (Å²) < 4.78 is 5.47. The van der Waals surface area contributed by atoms with Gasteiger partial charge in [0.1, 0.15) is 11.5 Å². The minimum Gasteiger partial charge on any atom is -0.507 e. The van der Waals surface area contributed by atoms with Crippen LogP contribution in [0.3, 0.4) is 0 Å². The van der Waals surface area contributed by atoms with E-state index in [2.05, 4.69) is 10.9 Å². The Kier molecular flexibility index (Phi) is 7.13. The molecule has 30 heavy (non-hydrogen) atoms. The number of ether oxygens (including phenoxy) is 1. The molecule has 8 nitrogen and oxygen atoms in total. The molecule has 1 fully saturated rings. The van der Waals surface area contributed by atoms with Crippen molar-refractivity contribution in [1.82, 2.24) is 15.8 Å². The summed E-state index contributed by atoms with van der Waals surface area (Å²) in [6.45, 7) is 0.802. The Hall–Kier alpha value is -3.26. The van der Waals surface area contributed by atoms with E-state index >= 15 is 0 Å². The van der Waals surface area contributed by atoms with Crippen molar-refractivity contribution < 1.29 is 24.2 Å². The molecule has 158 valence electrons. The smallest absolute Gasteiger partial charge is 0.273 e. The molecule has 0 bridgehead atoms. The van der Waals surface area contributed by atoms with Gasteiger partial charge in [-0.25, -0.2) is 0 Å². The second kappa shape index (κ2) is 9.98. The minimum atomic E-state index is -0.672. The average Bonchev–Trinajstić information content (AvgIpc) is 2.78. The van der Waals surface area contributed by atoms with Crippen molar-refractivity contribution in [2.75, 3.05) is 19.7 Å². The number of hydrogen-bond acceptors (Lipinski definition) is 5. The van der Waals surface area contributed by atoms with Crippen molar-refractivity contribution in [2.24, 2.45) is 5.92 Å². The number of benzene rings is 2. The van der Waals surface area contributed by atoms with Crippen LogP contribution in [0.4, 0.5) is 0 Å². The number of nitrogens with one attached hydrogen (secondary N) is 2. The lowest BCUT2D eigenvalue weighted by atomic mass is 9.96. The summed E-state index contributed by atoms with van der Waals surface area (Å²) in [6, 6.07) is 13.1. The van der Waals surface area contributed by atoms with Crippen molar-refractivity contribution in [3.05, 3.63) is 59.1 Å². The van der Waals surface area contributed by atoms with Gasteiger partial charge in [0.2, 0.25) is 5.91 Å². The zero-order chi connectivity index (χ0) is 21.5. The molecule has 0 saturated carbocycles. The Bertz CT molecular complexity index is 914. The molecule has 3 N–H and O–H groups in total. The Morgan fingerprint density at radius 3 is 2.47 bits per heavy atom. The molecular weight excluding hydrogens is 410 g/mol. The van der Waals surface area contributed by atoms with Crippen molar-refractivity contribution >= 4 is 29.3 Å². The number of carbonyl (C=O) groups is 3. The van der Waals surface area contributed by atoms with Gasteiger partial charge in [-0.05, 0) is 43.2 Å². The van der Waals surface area contributed by atoms with Crippen LogP contribution in [0.25, 0.3) is 0 Å². The molecule has 0 radical (unpaired) electrons. The predicted molar refractivity (Wildman–Crippen MR) is 110 cm³/mol. The van der Waals surface area contributed by atoms with Crippen LogP contribution < -0.4 is 15.6 Å². The van der Waals surface area contributed by atoms with Crippen LogP contribution in [-0.4, -0.2) is 47.4 Å². The van der Waals surface area contributed by atoms with Crippen molar-refractivity contribution in [1.29, 1.82) is 0 Å². The number of phenolic OH excluding ortho intramolecular Hbond substituents is 1. The standard InChI is InChI=1S/C21H22ClN3O5/c22-15-6-7-18(26)17(12-15)21(29)24-23-20(28)14-8-10-25(11-9-14)19(27)13-30-16-4-2-1-3-5-16/h1-7,12,14,26H,8-11,13H2,(H,23,28)(H,24,29). The molecule has 2 aromatic carbocycles. The number of nitrogens with zero attached hydrogens (tertiary/aromatic N) is 1. The summed E-state index contributed by atoms with van der Waals surface area (Å²) in [4.78, 5) is 38.4. The molecular formula is C21H22ClN3O5.